The van der Waals surface area contributed by atoms with Crippen molar-refractivity contribution in [1.82, 2.24) is 9.97 Å². The zero-order chi connectivity index (χ0) is 14.3. The number of carbonyl (C=O) groups is 1. The third-order valence-electron chi connectivity index (χ3n) is 3.30. The van der Waals surface area contributed by atoms with Crippen molar-refractivity contribution < 1.29 is 4.79 Å². The summed E-state index contributed by atoms with van der Waals surface area (Å²) in [5, 5.41) is 2.80. The Kier molecular flexibility index (Phi) is 5.89. The van der Waals surface area contributed by atoms with Gasteiger partial charge in [0, 0.05) is 6.42 Å². The van der Waals surface area contributed by atoms with E-state index in [1.165, 1.54) is 6.33 Å². The molecule has 5 nitrogen and oxygen atoms in total. The third-order valence-corrected chi connectivity index (χ3v) is 3.30. The van der Waals surface area contributed by atoms with E-state index in [1.54, 1.807) is 12.4 Å². The van der Waals surface area contributed by atoms with Crippen molar-refractivity contribution in [3.8, 4) is 0 Å². The van der Waals surface area contributed by atoms with Gasteiger partial charge in [-0.15, -0.1) is 0 Å². The lowest BCUT2D eigenvalue weighted by Gasteiger charge is -2.30. The minimum absolute atomic E-state index is 0.000992. The van der Waals surface area contributed by atoms with Crippen molar-refractivity contribution in [2.75, 3.05) is 11.9 Å². The zero-order valence-electron chi connectivity index (χ0n) is 12.0. The van der Waals surface area contributed by atoms with Crippen molar-refractivity contribution in [3.63, 3.8) is 0 Å². The lowest BCUT2D eigenvalue weighted by Crippen LogP contribution is -2.25. The predicted molar refractivity (Wildman–Crippen MR) is 76.5 cm³/mol. The molecular formula is C14H24N4O. The molecule has 1 aromatic rings. The molecular weight excluding hydrogens is 240 g/mol. The highest BCUT2D eigenvalue weighted by molar-refractivity contribution is 5.90. The quantitative estimate of drug-likeness (QED) is 0.825. The van der Waals surface area contributed by atoms with Gasteiger partial charge in [-0.2, -0.15) is 0 Å². The molecule has 1 amide bonds. The molecule has 0 saturated carbocycles. The SMILES string of the molecule is CC(C)(C)C(CCN)CCC(=O)Nc1cncnc1. The first-order valence-corrected chi connectivity index (χ1v) is 6.68. The van der Waals surface area contributed by atoms with Crippen LogP contribution in [0.2, 0.25) is 0 Å². The van der Waals surface area contributed by atoms with Gasteiger partial charge in [0.1, 0.15) is 6.33 Å². The number of amides is 1. The number of rotatable bonds is 6. The first-order valence-electron chi connectivity index (χ1n) is 6.68. The van der Waals surface area contributed by atoms with E-state index in [1.807, 2.05) is 0 Å². The second kappa shape index (κ2) is 7.19. The molecule has 1 unspecified atom stereocenters. The third kappa shape index (κ3) is 5.79. The van der Waals surface area contributed by atoms with Crippen LogP contribution in [0.5, 0.6) is 0 Å². The van der Waals surface area contributed by atoms with Gasteiger partial charge < -0.3 is 11.1 Å². The van der Waals surface area contributed by atoms with Crippen LogP contribution in [0.4, 0.5) is 5.69 Å². The molecule has 106 valence electrons. The highest BCUT2D eigenvalue weighted by Gasteiger charge is 2.24. The Morgan fingerprint density at radius 3 is 2.47 bits per heavy atom. The Labute approximate surface area is 115 Å². The normalized spacial score (nSPS) is 13.1. The average molecular weight is 264 g/mol. The minimum Gasteiger partial charge on any atom is -0.330 e. The van der Waals surface area contributed by atoms with Crippen LogP contribution in [-0.2, 0) is 4.79 Å². The van der Waals surface area contributed by atoms with E-state index in [0.717, 1.165) is 12.8 Å². The molecule has 0 fully saturated rings. The zero-order valence-corrected chi connectivity index (χ0v) is 12.0. The smallest absolute Gasteiger partial charge is 0.224 e. The molecule has 3 N–H and O–H groups in total. The summed E-state index contributed by atoms with van der Waals surface area (Å²) < 4.78 is 0. The second-order valence-electron chi connectivity index (χ2n) is 5.85. The van der Waals surface area contributed by atoms with Gasteiger partial charge in [-0.1, -0.05) is 20.8 Å². The summed E-state index contributed by atoms with van der Waals surface area (Å²) in [5.74, 6) is 0.455. The molecule has 1 atom stereocenters. The number of nitrogens with one attached hydrogen (secondary N) is 1. The number of hydrogen-bond donors (Lipinski definition) is 2. The fraction of sp³-hybridized carbons (Fsp3) is 0.643. The Morgan fingerprint density at radius 2 is 1.95 bits per heavy atom. The maximum atomic E-state index is 11.9. The summed E-state index contributed by atoms with van der Waals surface area (Å²) in [5.41, 5.74) is 6.45. The van der Waals surface area contributed by atoms with Gasteiger partial charge in [-0.3, -0.25) is 4.79 Å². The van der Waals surface area contributed by atoms with E-state index in [9.17, 15) is 4.79 Å². The van der Waals surface area contributed by atoms with Gasteiger partial charge in [0.2, 0.25) is 5.91 Å². The van der Waals surface area contributed by atoms with Crippen molar-refractivity contribution in [3.05, 3.63) is 18.7 Å². The van der Waals surface area contributed by atoms with E-state index < -0.39 is 0 Å². The topological polar surface area (TPSA) is 80.9 Å². The molecule has 0 radical (unpaired) electrons. The summed E-state index contributed by atoms with van der Waals surface area (Å²) in [6, 6.07) is 0. The second-order valence-corrected chi connectivity index (χ2v) is 5.85. The summed E-state index contributed by atoms with van der Waals surface area (Å²) in [7, 11) is 0. The van der Waals surface area contributed by atoms with E-state index >= 15 is 0 Å². The van der Waals surface area contributed by atoms with Gasteiger partial charge >= 0.3 is 0 Å². The summed E-state index contributed by atoms with van der Waals surface area (Å²) in [4.78, 5) is 19.6. The Bertz CT molecular complexity index is 386. The average Bonchev–Trinajstić information content (AvgIpc) is 2.34. The molecule has 0 saturated heterocycles. The van der Waals surface area contributed by atoms with E-state index in [2.05, 4.69) is 36.1 Å². The maximum Gasteiger partial charge on any atom is 0.224 e. The number of nitrogens with zero attached hydrogens (tertiary/aromatic N) is 2. The van der Waals surface area contributed by atoms with Crippen molar-refractivity contribution in [2.24, 2.45) is 17.1 Å². The molecule has 1 aromatic heterocycles. The monoisotopic (exact) mass is 264 g/mol. The number of aromatic nitrogens is 2. The van der Waals surface area contributed by atoms with Crippen LogP contribution in [0.15, 0.2) is 18.7 Å². The fourth-order valence-corrected chi connectivity index (χ4v) is 2.10. The Balaban J connectivity index is 2.44. The van der Waals surface area contributed by atoms with Crippen LogP contribution in [0, 0.1) is 11.3 Å². The van der Waals surface area contributed by atoms with E-state index in [-0.39, 0.29) is 11.3 Å². The Morgan fingerprint density at radius 1 is 1.32 bits per heavy atom. The molecule has 0 aliphatic heterocycles. The van der Waals surface area contributed by atoms with Crippen LogP contribution in [0.3, 0.4) is 0 Å². The van der Waals surface area contributed by atoms with Crippen LogP contribution in [-0.4, -0.2) is 22.4 Å². The highest BCUT2D eigenvalue weighted by atomic mass is 16.1. The molecule has 0 aliphatic carbocycles. The standard InChI is InChI=1S/C14H24N4O/c1-14(2,3)11(6-7-15)4-5-13(19)18-12-8-16-10-17-9-12/h8-11H,4-7,15H2,1-3H3,(H,18,19). The number of hydrogen-bond acceptors (Lipinski definition) is 4. The van der Waals surface area contributed by atoms with E-state index in [4.69, 9.17) is 5.73 Å². The first-order chi connectivity index (χ1) is 8.93. The molecule has 1 heterocycles. The molecule has 19 heavy (non-hydrogen) atoms. The number of carbonyl (C=O) groups excluding carboxylic acids is 1. The summed E-state index contributed by atoms with van der Waals surface area (Å²) in [6.45, 7) is 7.24. The van der Waals surface area contributed by atoms with Gasteiger partial charge in [-0.05, 0) is 30.7 Å². The predicted octanol–water partition coefficient (Wildman–Crippen LogP) is 2.21. The summed E-state index contributed by atoms with van der Waals surface area (Å²) >= 11 is 0. The lowest BCUT2D eigenvalue weighted by atomic mass is 9.76. The molecule has 1 rings (SSSR count). The van der Waals surface area contributed by atoms with Gasteiger partial charge in [0.05, 0.1) is 18.1 Å². The van der Waals surface area contributed by atoms with Crippen molar-refractivity contribution in [2.45, 2.75) is 40.0 Å². The highest BCUT2D eigenvalue weighted by Crippen LogP contribution is 2.32. The molecule has 0 bridgehead atoms. The van der Waals surface area contributed by atoms with Gasteiger partial charge in [0.25, 0.3) is 0 Å². The molecule has 0 aliphatic rings. The van der Waals surface area contributed by atoms with Crippen molar-refractivity contribution >= 4 is 11.6 Å². The van der Waals surface area contributed by atoms with E-state index in [0.29, 0.717) is 24.6 Å². The number of nitrogens with two attached hydrogens (primary N) is 1. The largest absolute Gasteiger partial charge is 0.330 e. The fourth-order valence-electron chi connectivity index (χ4n) is 2.10. The van der Waals surface area contributed by atoms with Crippen LogP contribution in [0.1, 0.15) is 40.0 Å². The summed E-state index contributed by atoms with van der Waals surface area (Å²) in [6.07, 6.45) is 6.91. The molecule has 0 aromatic carbocycles. The van der Waals surface area contributed by atoms with Gasteiger partial charge in [0.15, 0.2) is 0 Å². The first kappa shape index (κ1) is 15.6. The van der Waals surface area contributed by atoms with Crippen molar-refractivity contribution in [1.29, 1.82) is 0 Å². The molecule has 0 spiro atoms. The number of anilines is 1. The minimum atomic E-state index is 0.000992. The maximum absolute atomic E-state index is 11.9. The van der Waals surface area contributed by atoms with Crippen LogP contribution >= 0.6 is 0 Å². The lowest BCUT2D eigenvalue weighted by molar-refractivity contribution is -0.116. The molecule has 5 heteroatoms. The van der Waals surface area contributed by atoms with Gasteiger partial charge in [-0.25, -0.2) is 9.97 Å². The Hall–Kier alpha value is -1.49. The van der Waals surface area contributed by atoms with Crippen LogP contribution in [0.25, 0.3) is 0 Å². The van der Waals surface area contributed by atoms with Crippen LogP contribution < -0.4 is 11.1 Å².